The van der Waals surface area contributed by atoms with Gasteiger partial charge in [-0.2, -0.15) is 0 Å². The van der Waals surface area contributed by atoms with E-state index in [2.05, 4.69) is 9.88 Å². The number of ether oxygens (including phenoxy) is 2. The lowest BCUT2D eigenvalue weighted by Gasteiger charge is -2.27. The predicted molar refractivity (Wildman–Crippen MR) is 96.1 cm³/mol. The van der Waals surface area contributed by atoms with Crippen LogP contribution in [0.25, 0.3) is 6.08 Å². The summed E-state index contributed by atoms with van der Waals surface area (Å²) in [5, 5.41) is 10.5. The topological polar surface area (TPSA) is 71.9 Å². The molecule has 2 aliphatic rings. The lowest BCUT2D eigenvalue weighted by Crippen LogP contribution is -2.35. The fraction of sp³-hybridized carbons (Fsp3) is 0.300. The van der Waals surface area contributed by atoms with E-state index in [-0.39, 0.29) is 17.3 Å². The third kappa shape index (κ3) is 3.09. The van der Waals surface area contributed by atoms with Crippen molar-refractivity contribution in [2.75, 3.05) is 26.3 Å². The standard InChI is InChI=1S/C20H20N2O4/c1-13-10-16(23)15(12-22-6-8-25-9-7-22)20-18(13)19(24)17(26-20)11-14-4-2-3-5-21-14/h2-5,10-11,23H,6-9,12H2,1H3/b17-11-. The third-order valence-corrected chi connectivity index (χ3v) is 4.67. The Labute approximate surface area is 151 Å². The van der Waals surface area contributed by atoms with E-state index >= 15 is 0 Å². The van der Waals surface area contributed by atoms with Crippen molar-refractivity contribution in [2.45, 2.75) is 13.5 Å². The number of phenolic OH excluding ortho intramolecular Hbond substituents is 1. The number of hydrogen-bond acceptors (Lipinski definition) is 6. The molecule has 0 spiro atoms. The van der Waals surface area contributed by atoms with Crippen molar-refractivity contribution in [3.8, 4) is 11.5 Å². The van der Waals surface area contributed by atoms with Crippen LogP contribution in [0, 0.1) is 6.92 Å². The first-order valence-electron chi connectivity index (χ1n) is 8.64. The molecule has 1 fully saturated rings. The zero-order valence-corrected chi connectivity index (χ0v) is 14.6. The predicted octanol–water partition coefficient (Wildman–Crippen LogP) is 2.54. The number of allylic oxidation sites excluding steroid dienone is 1. The highest BCUT2D eigenvalue weighted by Gasteiger charge is 2.33. The van der Waals surface area contributed by atoms with Gasteiger partial charge in [0.25, 0.3) is 0 Å². The van der Waals surface area contributed by atoms with Crippen LogP contribution < -0.4 is 4.74 Å². The Morgan fingerprint density at radius 1 is 1.31 bits per heavy atom. The second-order valence-electron chi connectivity index (χ2n) is 6.48. The molecular weight excluding hydrogens is 332 g/mol. The molecule has 0 unspecified atom stereocenters. The number of carbonyl (C=O) groups is 1. The van der Waals surface area contributed by atoms with Gasteiger partial charge in [-0.25, -0.2) is 0 Å². The van der Waals surface area contributed by atoms with E-state index in [4.69, 9.17) is 9.47 Å². The molecule has 0 radical (unpaired) electrons. The SMILES string of the molecule is Cc1cc(O)c(CN2CCOCC2)c2c1C(=O)/C(=C/c1ccccn1)O2. The molecule has 0 bridgehead atoms. The number of rotatable bonds is 3. The highest BCUT2D eigenvalue weighted by atomic mass is 16.5. The van der Waals surface area contributed by atoms with Crippen LogP contribution in [0.15, 0.2) is 36.2 Å². The van der Waals surface area contributed by atoms with Crippen LogP contribution in [0.1, 0.15) is 27.2 Å². The molecule has 4 rings (SSSR count). The molecular formula is C20H20N2O4. The van der Waals surface area contributed by atoms with Gasteiger partial charge < -0.3 is 14.6 Å². The normalized spacial score (nSPS) is 18.8. The van der Waals surface area contributed by atoms with Gasteiger partial charge in [-0.05, 0) is 30.7 Å². The number of aromatic nitrogens is 1. The van der Waals surface area contributed by atoms with Gasteiger partial charge in [0.05, 0.1) is 30.0 Å². The van der Waals surface area contributed by atoms with Crippen LogP contribution in [-0.2, 0) is 11.3 Å². The van der Waals surface area contributed by atoms with Crippen LogP contribution >= 0.6 is 0 Å². The molecule has 3 heterocycles. The maximum Gasteiger partial charge on any atom is 0.232 e. The molecule has 0 aliphatic carbocycles. The number of nitrogens with zero attached hydrogens (tertiary/aromatic N) is 2. The maximum atomic E-state index is 12.8. The van der Waals surface area contributed by atoms with Crippen molar-refractivity contribution < 1.29 is 19.4 Å². The molecule has 2 aliphatic heterocycles. The number of Topliss-reactive ketones (excluding diaryl/α,β-unsaturated/α-hetero) is 1. The summed E-state index contributed by atoms with van der Waals surface area (Å²) in [6.07, 6.45) is 3.30. The monoisotopic (exact) mass is 352 g/mol. The second-order valence-corrected chi connectivity index (χ2v) is 6.48. The van der Waals surface area contributed by atoms with Crippen LogP contribution in [0.3, 0.4) is 0 Å². The number of aryl methyl sites for hydroxylation is 1. The Hall–Kier alpha value is -2.70. The molecule has 1 saturated heterocycles. The van der Waals surface area contributed by atoms with E-state index in [1.54, 1.807) is 18.3 Å². The quantitative estimate of drug-likeness (QED) is 0.856. The van der Waals surface area contributed by atoms with Crippen LogP contribution in [0.5, 0.6) is 11.5 Å². The summed E-state index contributed by atoms with van der Waals surface area (Å²) < 4.78 is 11.3. The van der Waals surface area contributed by atoms with E-state index in [0.717, 1.165) is 13.1 Å². The van der Waals surface area contributed by atoms with Crippen molar-refractivity contribution in [3.63, 3.8) is 0 Å². The molecule has 0 amide bonds. The van der Waals surface area contributed by atoms with E-state index in [0.29, 0.717) is 47.9 Å². The van der Waals surface area contributed by atoms with E-state index in [1.807, 2.05) is 25.1 Å². The minimum Gasteiger partial charge on any atom is -0.507 e. The van der Waals surface area contributed by atoms with Gasteiger partial charge in [0, 0.05) is 31.9 Å². The third-order valence-electron chi connectivity index (χ3n) is 4.67. The Balaban J connectivity index is 1.71. The van der Waals surface area contributed by atoms with Gasteiger partial charge in [0.1, 0.15) is 11.5 Å². The molecule has 2 aromatic rings. The molecule has 26 heavy (non-hydrogen) atoms. The minimum atomic E-state index is -0.175. The van der Waals surface area contributed by atoms with Gasteiger partial charge in [-0.3, -0.25) is 14.7 Å². The summed E-state index contributed by atoms with van der Waals surface area (Å²) in [5.74, 6) is 0.669. The van der Waals surface area contributed by atoms with Gasteiger partial charge in [0.15, 0.2) is 5.76 Å². The number of benzene rings is 1. The van der Waals surface area contributed by atoms with E-state index in [1.165, 1.54) is 0 Å². The van der Waals surface area contributed by atoms with Crippen molar-refractivity contribution in [1.82, 2.24) is 9.88 Å². The highest BCUT2D eigenvalue weighted by molar-refractivity contribution is 6.15. The number of fused-ring (bicyclic) bond motifs is 1. The fourth-order valence-corrected chi connectivity index (χ4v) is 3.31. The molecule has 6 heteroatoms. The summed E-state index contributed by atoms with van der Waals surface area (Å²) in [7, 11) is 0. The van der Waals surface area contributed by atoms with Crippen molar-refractivity contribution >= 4 is 11.9 Å². The zero-order valence-electron chi connectivity index (χ0n) is 14.6. The van der Waals surface area contributed by atoms with Gasteiger partial charge in [0.2, 0.25) is 5.78 Å². The van der Waals surface area contributed by atoms with Gasteiger partial charge >= 0.3 is 0 Å². The maximum absolute atomic E-state index is 12.8. The smallest absolute Gasteiger partial charge is 0.232 e. The number of ketones is 1. The molecule has 0 atom stereocenters. The zero-order chi connectivity index (χ0) is 18.1. The molecule has 1 aromatic heterocycles. The average Bonchev–Trinajstić information content (AvgIpc) is 2.97. The van der Waals surface area contributed by atoms with Crippen LogP contribution in [0.4, 0.5) is 0 Å². The number of morpholine rings is 1. The fourth-order valence-electron chi connectivity index (χ4n) is 3.31. The van der Waals surface area contributed by atoms with Crippen molar-refractivity contribution in [3.05, 3.63) is 58.6 Å². The number of aromatic hydroxyl groups is 1. The Bertz CT molecular complexity index is 871. The summed E-state index contributed by atoms with van der Waals surface area (Å²) in [6, 6.07) is 7.12. The van der Waals surface area contributed by atoms with E-state index in [9.17, 15) is 9.90 Å². The molecule has 0 saturated carbocycles. The van der Waals surface area contributed by atoms with Crippen LogP contribution in [-0.4, -0.2) is 47.1 Å². The lowest BCUT2D eigenvalue weighted by molar-refractivity contribution is 0.0336. The summed E-state index contributed by atoms with van der Waals surface area (Å²) in [6.45, 7) is 5.22. The molecule has 1 aromatic carbocycles. The first-order chi connectivity index (χ1) is 12.6. The first-order valence-corrected chi connectivity index (χ1v) is 8.64. The molecule has 1 N–H and O–H groups in total. The number of pyridine rings is 1. The van der Waals surface area contributed by atoms with Crippen LogP contribution in [0.2, 0.25) is 0 Å². The first kappa shape index (κ1) is 16.8. The highest BCUT2D eigenvalue weighted by Crippen LogP contribution is 2.42. The Morgan fingerprint density at radius 2 is 2.12 bits per heavy atom. The molecule has 6 nitrogen and oxygen atoms in total. The summed E-state index contributed by atoms with van der Waals surface area (Å²) in [4.78, 5) is 19.2. The largest absolute Gasteiger partial charge is 0.507 e. The van der Waals surface area contributed by atoms with E-state index < -0.39 is 0 Å². The van der Waals surface area contributed by atoms with Crippen molar-refractivity contribution in [1.29, 1.82) is 0 Å². The minimum absolute atomic E-state index is 0.152. The summed E-state index contributed by atoms with van der Waals surface area (Å²) in [5.41, 5.74) is 2.52. The Morgan fingerprint density at radius 3 is 2.85 bits per heavy atom. The average molecular weight is 352 g/mol. The Kier molecular flexibility index (Phi) is 4.44. The lowest BCUT2D eigenvalue weighted by atomic mass is 9.99. The number of hydrogen-bond donors (Lipinski definition) is 1. The van der Waals surface area contributed by atoms with Gasteiger partial charge in [-0.1, -0.05) is 6.07 Å². The summed E-state index contributed by atoms with van der Waals surface area (Å²) >= 11 is 0. The van der Waals surface area contributed by atoms with Gasteiger partial charge in [-0.15, -0.1) is 0 Å². The second kappa shape index (κ2) is 6.90. The number of carbonyl (C=O) groups excluding carboxylic acids is 1. The van der Waals surface area contributed by atoms with Crippen molar-refractivity contribution in [2.24, 2.45) is 0 Å². The molecule has 134 valence electrons. The number of phenols is 1.